The van der Waals surface area contributed by atoms with Gasteiger partial charge in [-0.2, -0.15) is 0 Å². The number of esters is 5. The van der Waals surface area contributed by atoms with Crippen molar-refractivity contribution in [2.24, 2.45) is 0 Å². The highest BCUT2D eigenvalue weighted by atomic mass is 79.9. The van der Waals surface area contributed by atoms with E-state index < -0.39 is 66.8 Å². The molecule has 6 aromatic rings. The lowest BCUT2D eigenvalue weighted by atomic mass is 10.00. The van der Waals surface area contributed by atoms with E-state index >= 15 is 0 Å². The average Bonchev–Trinajstić information content (AvgIpc) is 4.13. The summed E-state index contributed by atoms with van der Waals surface area (Å²) in [4.78, 5) is 78.2. The van der Waals surface area contributed by atoms with Gasteiger partial charge >= 0.3 is 29.8 Å². The van der Waals surface area contributed by atoms with E-state index in [-0.39, 0.29) is 46.0 Å². The third-order valence-electron chi connectivity index (χ3n) is 12.2. The molecule has 2 aromatic heterocycles. The van der Waals surface area contributed by atoms with E-state index in [1.54, 1.807) is 72.8 Å². The molecule has 398 valence electrons. The summed E-state index contributed by atoms with van der Waals surface area (Å²) in [5.41, 5.74) is 0.605. The minimum absolute atomic E-state index is 0.00490. The molecule has 0 saturated heterocycles. The second kappa shape index (κ2) is 31.0. The van der Waals surface area contributed by atoms with Gasteiger partial charge in [-0.3, -0.25) is 4.79 Å². The summed E-state index contributed by atoms with van der Waals surface area (Å²) >= 11 is 13.6. The number of hydrogen-bond donors (Lipinski definition) is 0. The molecule has 0 spiro atoms. The first-order valence-corrected chi connectivity index (χ1v) is 28.3. The SMILES string of the molecule is CCCCCCCCCCCCCCCC(=O)O[C@@H](c1cnco1)c1nc([C@H](C[C@@H](OC(=O)c2ccc(Br)cc2)[C@@H](OC(=O)c2ccc(Br)cc2)[C@@H](C)OC(=O)c2ccc(Br)cc2)OC(=O)c2ccc(Br)cc2)co1. The van der Waals surface area contributed by atoms with E-state index in [1.807, 2.05) is 0 Å². The van der Waals surface area contributed by atoms with Gasteiger partial charge in [0.2, 0.25) is 12.0 Å². The predicted molar refractivity (Wildman–Crippen MR) is 294 cm³/mol. The van der Waals surface area contributed by atoms with E-state index in [2.05, 4.69) is 75.6 Å². The van der Waals surface area contributed by atoms with Crippen LogP contribution in [0.15, 0.2) is 143 Å². The number of oxazole rings is 2. The molecule has 0 fully saturated rings. The smallest absolute Gasteiger partial charge is 0.338 e. The van der Waals surface area contributed by atoms with Crippen LogP contribution in [0.1, 0.15) is 181 Å². The first-order chi connectivity index (χ1) is 36.3. The van der Waals surface area contributed by atoms with Crippen molar-refractivity contribution < 1.29 is 56.5 Å². The van der Waals surface area contributed by atoms with Crippen molar-refractivity contribution in [1.82, 2.24) is 9.97 Å². The van der Waals surface area contributed by atoms with E-state index in [9.17, 15) is 24.0 Å². The Balaban J connectivity index is 1.28. The Bertz CT molecular complexity index is 2720. The summed E-state index contributed by atoms with van der Waals surface area (Å²) < 4.78 is 45.0. The van der Waals surface area contributed by atoms with Gasteiger partial charge in [-0.15, -0.1) is 0 Å². The van der Waals surface area contributed by atoms with Crippen molar-refractivity contribution in [2.75, 3.05) is 0 Å². The number of unbranched alkanes of at least 4 members (excludes halogenated alkanes) is 12. The molecular formula is C57H60Br4N2O12. The lowest BCUT2D eigenvalue weighted by Gasteiger charge is -2.32. The number of nitrogens with zero attached hydrogens (tertiary/aromatic N) is 2. The Labute approximate surface area is 470 Å². The molecule has 75 heavy (non-hydrogen) atoms. The summed E-state index contributed by atoms with van der Waals surface area (Å²) in [6, 6.07) is 25.6. The van der Waals surface area contributed by atoms with Gasteiger partial charge in [0, 0.05) is 30.7 Å². The number of rotatable bonds is 30. The maximum absolute atomic E-state index is 14.2. The summed E-state index contributed by atoms with van der Waals surface area (Å²) in [6.07, 6.45) is 11.4. The van der Waals surface area contributed by atoms with Crippen LogP contribution in [0.5, 0.6) is 0 Å². The molecule has 0 radical (unpaired) electrons. The van der Waals surface area contributed by atoms with Crippen molar-refractivity contribution in [3.05, 3.63) is 173 Å². The number of aromatic nitrogens is 2. The monoisotopic (exact) mass is 1280 g/mol. The van der Waals surface area contributed by atoms with Crippen molar-refractivity contribution in [1.29, 1.82) is 0 Å². The van der Waals surface area contributed by atoms with E-state index in [0.717, 1.165) is 23.7 Å². The van der Waals surface area contributed by atoms with Crippen molar-refractivity contribution >= 4 is 93.6 Å². The maximum atomic E-state index is 14.2. The zero-order valence-corrected chi connectivity index (χ0v) is 48.1. The Morgan fingerprint density at radius 3 is 1.40 bits per heavy atom. The van der Waals surface area contributed by atoms with Crippen LogP contribution in [0.2, 0.25) is 0 Å². The molecule has 6 rings (SSSR count). The lowest BCUT2D eigenvalue weighted by molar-refractivity contribution is -0.149. The second-order valence-electron chi connectivity index (χ2n) is 18.0. The van der Waals surface area contributed by atoms with E-state index in [4.69, 9.17) is 37.5 Å². The average molecular weight is 1280 g/mol. The van der Waals surface area contributed by atoms with Gasteiger partial charge in [-0.05, 0) is 110 Å². The van der Waals surface area contributed by atoms with Gasteiger partial charge in [0.15, 0.2) is 24.4 Å². The molecule has 0 aliphatic heterocycles. The van der Waals surface area contributed by atoms with Crippen LogP contribution in [0.4, 0.5) is 0 Å². The molecule has 0 saturated carbocycles. The largest absolute Gasteiger partial charge is 0.455 e. The Kier molecular flexibility index (Phi) is 24.3. The van der Waals surface area contributed by atoms with Crippen LogP contribution in [0, 0.1) is 0 Å². The zero-order valence-electron chi connectivity index (χ0n) is 41.8. The zero-order chi connectivity index (χ0) is 53.5. The van der Waals surface area contributed by atoms with Crippen LogP contribution < -0.4 is 0 Å². The van der Waals surface area contributed by atoms with Crippen LogP contribution >= 0.6 is 63.7 Å². The number of carbonyl (C=O) groups excluding carboxylic acids is 5. The number of ether oxygens (including phenoxy) is 5. The van der Waals surface area contributed by atoms with Crippen molar-refractivity contribution in [3.8, 4) is 0 Å². The van der Waals surface area contributed by atoms with Crippen molar-refractivity contribution in [2.45, 2.75) is 141 Å². The normalized spacial score (nSPS) is 13.2. The first-order valence-electron chi connectivity index (χ1n) is 25.2. The first kappa shape index (κ1) is 58.8. The van der Waals surface area contributed by atoms with Crippen molar-refractivity contribution in [3.63, 3.8) is 0 Å². The third-order valence-corrected chi connectivity index (χ3v) is 14.3. The number of benzene rings is 4. The Morgan fingerprint density at radius 2 is 0.947 bits per heavy atom. The molecule has 0 bridgehead atoms. The molecule has 2 heterocycles. The van der Waals surface area contributed by atoms with Crippen LogP contribution in [-0.2, 0) is 28.5 Å². The van der Waals surface area contributed by atoms with Gasteiger partial charge in [-0.25, -0.2) is 29.1 Å². The molecule has 4 aromatic carbocycles. The Morgan fingerprint density at radius 1 is 0.520 bits per heavy atom. The summed E-state index contributed by atoms with van der Waals surface area (Å²) in [5.74, 6) is -3.78. The van der Waals surface area contributed by atoms with Gasteiger partial charge in [-0.1, -0.05) is 148 Å². The van der Waals surface area contributed by atoms with Crippen LogP contribution in [-0.4, -0.2) is 58.1 Å². The van der Waals surface area contributed by atoms with Crippen LogP contribution in [0.25, 0.3) is 0 Å². The molecule has 18 heteroatoms. The minimum atomic E-state index is -1.55. The van der Waals surface area contributed by atoms with E-state index in [1.165, 1.54) is 108 Å². The molecular weight excluding hydrogens is 1220 g/mol. The summed E-state index contributed by atoms with van der Waals surface area (Å²) in [6.45, 7) is 3.72. The highest BCUT2D eigenvalue weighted by Crippen LogP contribution is 2.34. The standard InChI is InChI=1S/C57H60Br4N2O12/c1-3-4-5-6-7-8-9-10-11-12-13-14-15-16-50(64)74-52(49-34-62-36-70-49)53-63-46(35-69-53)47(72-55(66)39-19-27-43(59)28-20-39)33-48(73-56(67)40-21-29-44(60)30-22-40)51(75-57(68)41-23-31-45(61)32-24-41)37(2)71-54(65)38-17-25-42(58)26-18-38/h17-32,34-37,47-48,51-52H,3-16,33H2,1-2H3/t37-,47+,48-,51+,52+/m1/s1. The number of hydrogen-bond acceptors (Lipinski definition) is 14. The fourth-order valence-corrected chi connectivity index (χ4v) is 9.09. The number of carbonyl (C=O) groups is 5. The molecule has 0 unspecified atom stereocenters. The lowest BCUT2D eigenvalue weighted by Crippen LogP contribution is -2.45. The van der Waals surface area contributed by atoms with Crippen LogP contribution in [0.3, 0.4) is 0 Å². The highest BCUT2D eigenvalue weighted by molar-refractivity contribution is 9.11. The van der Waals surface area contributed by atoms with Gasteiger partial charge in [0.05, 0.1) is 28.5 Å². The van der Waals surface area contributed by atoms with E-state index in [0.29, 0.717) is 19.8 Å². The second-order valence-corrected chi connectivity index (χ2v) is 21.6. The van der Waals surface area contributed by atoms with Gasteiger partial charge in [0.25, 0.3) is 0 Å². The predicted octanol–water partition coefficient (Wildman–Crippen LogP) is 15.8. The third kappa shape index (κ3) is 19.3. The fourth-order valence-electron chi connectivity index (χ4n) is 8.04. The number of halogens is 4. The molecule has 0 amide bonds. The molecule has 0 N–H and O–H groups in total. The molecule has 14 nitrogen and oxygen atoms in total. The summed E-state index contributed by atoms with van der Waals surface area (Å²) in [5, 5.41) is 0. The molecule has 0 aliphatic rings. The minimum Gasteiger partial charge on any atom is -0.455 e. The topological polar surface area (TPSA) is 184 Å². The quantitative estimate of drug-likeness (QED) is 0.0236. The fraction of sp³-hybridized carbons (Fsp3) is 0.386. The molecule has 0 aliphatic carbocycles. The molecule has 5 atom stereocenters. The highest BCUT2D eigenvalue weighted by Gasteiger charge is 2.41. The summed E-state index contributed by atoms with van der Waals surface area (Å²) in [7, 11) is 0. The Hall–Kier alpha value is -5.43. The van der Waals surface area contributed by atoms with Gasteiger partial charge in [0.1, 0.15) is 24.2 Å². The van der Waals surface area contributed by atoms with Gasteiger partial charge < -0.3 is 32.5 Å². The maximum Gasteiger partial charge on any atom is 0.338 e.